The maximum absolute atomic E-state index is 12.8. The van der Waals surface area contributed by atoms with Crippen molar-refractivity contribution in [2.24, 2.45) is 0 Å². The van der Waals surface area contributed by atoms with Gasteiger partial charge in [0.25, 0.3) is 5.56 Å². The van der Waals surface area contributed by atoms with E-state index in [0.717, 1.165) is 10.4 Å². The van der Waals surface area contributed by atoms with E-state index in [2.05, 4.69) is 4.98 Å². The third kappa shape index (κ3) is 2.89. The van der Waals surface area contributed by atoms with Crippen LogP contribution in [0, 0.1) is 6.92 Å². The minimum atomic E-state index is -0.330. The van der Waals surface area contributed by atoms with Crippen molar-refractivity contribution < 1.29 is 4.74 Å². The predicted octanol–water partition coefficient (Wildman–Crippen LogP) is 0.738. The zero-order valence-corrected chi connectivity index (χ0v) is 15.2. The van der Waals surface area contributed by atoms with E-state index in [1.807, 2.05) is 6.92 Å². The van der Waals surface area contributed by atoms with Crippen LogP contribution in [0.1, 0.15) is 17.4 Å². The molecule has 0 fully saturated rings. The second-order valence-electron chi connectivity index (χ2n) is 5.70. The van der Waals surface area contributed by atoms with Crippen LogP contribution in [0.15, 0.2) is 26.8 Å². The Labute approximate surface area is 146 Å². The van der Waals surface area contributed by atoms with Gasteiger partial charge in [-0.15, -0.1) is 11.3 Å². The van der Waals surface area contributed by atoms with Crippen LogP contribution in [0.3, 0.4) is 0 Å². The summed E-state index contributed by atoms with van der Waals surface area (Å²) >= 11 is 1.38. The van der Waals surface area contributed by atoms with Crippen molar-refractivity contribution in [1.82, 2.24) is 18.7 Å². The molecule has 25 heavy (non-hydrogen) atoms. The largest absolute Gasteiger partial charge is 0.383 e. The Bertz CT molecular complexity index is 1080. The van der Waals surface area contributed by atoms with Crippen molar-refractivity contribution >= 4 is 21.6 Å². The molecule has 3 aromatic heterocycles. The molecule has 0 atom stereocenters. The van der Waals surface area contributed by atoms with E-state index in [1.54, 1.807) is 31.0 Å². The lowest BCUT2D eigenvalue weighted by molar-refractivity contribution is 0.186. The molecular formula is C16H20N4O4S. The van der Waals surface area contributed by atoms with Gasteiger partial charge in [0.1, 0.15) is 4.83 Å². The molecule has 0 aliphatic heterocycles. The summed E-state index contributed by atoms with van der Waals surface area (Å²) in [5, 5.41) is 0.543. The van der Waals surface area contributed by atoms with Gasteiger partial charge in [-0.2, -0.15) is 0 Å². The average Bonchev–Trinajstić information content (AvgIpc) is 3.12. The number of thiophene rings is 1. The number of H-pyrrole nitrogens is 1. The van der Waals surface area contributed by atoms with Crippen molar-refractivity contribution in [3.8, 4) is 0 Å². The fourth-order valence-electron chi connectivity index (χ4n) is 2.88. The number of nitrogens with one attached hydrogen (secondary N) is 1. The van der Waals surface area contributed by atoms with Gasteiger partial charge in [0, 0.05) is 30.9 Å². The number of aromatic amines is 1. The Hall–Kier alpha value is -2.39. The maximum atomic E-state index is 12.8. The molecule has 0 aliphatic rings. The Morgan fingerprint density at radius 1 is 1.24 bits per heavy atom. The lowest BCUT2D eigenvalue weighted by Gasteiger charge is -2.10. The second-order valence-corrected chi connectivity index (χ2v) is 6.78. The number of hydrogen-bond acceptors (Lipinski definition) is 5. The number of rotatable bonds is 6. The van der Waals surface area contributed by atoms with Crippen molar-refractivity contribution in [2.75, 3.05) is 13.7 Å². The van der Waals surface area contributed by atoms with E-state index in [-0.39, 0.29) is 16.9 Å². The molecule has 0 saturated heterocycles. The van der Waals surface area contributed by atoms with Gasteiger partial charge >= 0.3 is 11.4 Å². The van der Waals surface area contributed by atoms with Gasteiger partial charge in [0.05, 0.1) is 25.1 Å². The Balaban J connectivity index is 2.26. The topological polar surface area (TPSA) is 91.0 Å². The Morgan fingerprint density at radius 3 is 2.60 bits per heavy atom. The van der Waals surface area contributed by atoms with Crippen LogP contribution in [0.4, 0.5) is 0 Å². The summed E-state index contributed by atoms with van der Waals surface area (Å²) in [5.74, 6) is 0. The summed E-state index contributed by atoms with van der Waals surface area (Å²) in [7, 11) is 1.57. The first kappa shape index (κ1) is 17.4. The molecule has 0 saturated carbocycles. The van der Waals surface area contributed by atoms with Gasteiger partial charge in [0.15, 0.2) is 0 Å². The van der Waals surface area contributed by atoms with E-state index < -0.39 is 0 Å². The lowest BCUT2D eigenvalue weighted by atomic mass is 10.2. The number of ether oxygens (including phenoxy) is 1. The number of fused-ring (bicyclic) bond motifs is 1. The van der Waals surface area contributed by atoms with Crippen LogP contribution in [0.5, 0.6) is 0 Å². The number of nitrogens with zero attached hydrogens (tertiary/aromatic N) is 3. The van der Waals surface area contributed by atoms with Gasteiger partial charge in [0.2, 0.25) is 0 Å². The molecule has 0 unspecified atom stereocenters. The van der Waals surface area contributed by atoms with Crippen molar-refractivity contribution in [3.05, 3.63) is 54.2 Å². The summed E-state index contributed by atoms with van der Waals surface area (Å²) in [6.45, 7) is 5.05. The zero-order valence-electron chi connectivity index (χ0n) is 14.4. The Morgan fingerprint density at radius 2 is 2.00 bits per heavy atom. The summed E-state index contributed by atoms with van der Waals surface area (Å²) in [6, 6.07) is 0. The van der Waals surface area contributed by atoms with Crippen molar-refractivity contribution in [1.29, 1.82) is 0 Å². The molecule has 1 N–H and O–H groups in total. The van der Waals surface area contributed by atoms with Gasteiger partial charge in [-0.25, -0.2) is 9.59 Å². The molecule has 0 aliphatic carbocycles. The maximum Gasteiger partial charge on any atom is 0.332 e. The molecule has 0 bridgehead atoms. The number of imidazole rings is 1. The molecule has 0 amide bonds. The number of aromatic nitrogens is 4. The van der Waals surface area contributed by atoms with Gasteiger partial charge in [-0.3, -0.25) is 18.5 Å². The minimum absolute atomic E-state index is 0.209. The smallest absolute Gasteiger partial charge is 0.332 e. The van der Waals surface area contributed by atoms with E-state index in [4.69, 9.17) is 4.74 Å². The molecule has 0 spiro atoms. The number of aryl methyl sites for hydroxylation is 1. The molecule has 0 radical (unpaired) electrons. The first-order chi connectivity index (χ1) is 12.0. The van der Waals surface area contributed by atoms with Gasteiger partial charge in [-0.05, 0) is 19.4 Å². The van der Waals surface area contributed by atoms with E-state index in [1.165, 1.54) is 20.5 Å². The fourth-order valence-corrected chi connectivity index (χ4v) is 4.19. The summed E-state index contributed by atoms with van der Waals surface area (Å²) < 4.78 is 9.46. The molecule has 9 heteroatoms. The highest BCUT2D eigenvalue weighted by molar-refractivity contribution is 7.18. The fraction of sp³-hybridized carbons (Fsp3) is 0.438. The highest BCUT2D eigenvalue weighted by Gasteiger charge is 2.19. The van der Waals surface area contributed by atoms with E-state index in [9.17, 15) is 14.4 Å². The quantitative estimate of drug-likeness (QED) is 0.698. The van der Waals surface area contributed by atoms with Gasteiger partial charge in [-0.1, -0.05) is 0 Å². The third-order valence-electron chi connectivity index (χ3n) is 4.26. The Kier molecular flexibility index (Phi) is 4.78. The third-order valence-corrected chi connectivity index (χ3v) is 5.56. The molecule has 8 nitrogen and oxygen atoms in total. The van der Waals surface area contributed by atoms with Crippen molar-refractivity contribution in [2.45, 2.75) is 33.5 Å². The van der Waals surface area contributed by atoms with Crippen LogP contribution in [-0.2, 0) is 24.4 Å². The predicted molar refractivity (Wildman–Crippen MR) is 96.8 cm³/mol. The number of hydrogen-bond donors (Lipinski definition) is 1. The van der Waals surface area contributed by atoms with Crippen LogP contribution >= 0.6 is 11.3 Å². The standard InChI is InChI=1S/C16H20N4O4S/c1-4-19-13(21)12-10(2)11(9-18-6-5-17-15(18)22)25-14(12)20(16(19)23)7-8-24-3/h5-6H,4,7-9H2,1-3H3,(H,17,22). The highest BCUT2D eigenvalue weighted by atomic mass is 32.1. The van der Waals surface area contributed by atoms with Gasteiger partial charge < -0.3 is 9.72 Å². The lowest BCUT2D eigenvalue weighted by Crippen LogP contribution is -2.39. The van der Waals surface area contributed by atoms with Crippen LogP contribution in [0.2, 0.25) is 0 Å². The van der Waals surface area contributed by atoms with Crippen LogP contribution in [0.25, 0.3) is 10.2 Å². The SMILES string of the molecule is CCn1c(=O)c2c(C)c(Cn3cc[nH]c3=O)sc2n(CCOC)c1=O. The molecule has 3 rings (SSSR count). The minimum Gasteiger partial charge on any atom is -0.383 e. The molecular weight excluding hydrogens is 344 g/mol. The highest BCUT2D eigenvalue weighted by Crippen LogP contribution is 2.28. The average molecular weight is 364 g/mol. The molecule has 3 heterocycles. The monoisotopic (exact) mass is 364 g/mol. The molecule has 3 aromatic rings. The normalized spacial score (nSPS) is 11.5. The van der Waals surface area contributed by atoms with E-state index in [0.29, 0.717) is 36.5 Å². The van der Waals surface area contributed by atoms with Crippen LogP contribution < -0.4 is 16.9 Å². The van der Waals surface area contributed by atoms with Crippen LogP contribution in [-0.4, -0.2) is 32.4 Å². The summed E-state index contributed by atoms with van der Waals surface area (Å²) in [5.41, 5.74) is -0.00712. The zero-order chi connectivity index (χ0) is 18.1. The second kappa shape index (κ2) is 6.85. The first-order valence-electron chi connectivity index (χ1n) is 7.98. The van der Waals surface area contributed by atoms with E-state index >= 15 is 0 Å². The first-order valence-corrected chi connectivity index (χ1v) is 8.79. The van der Waals surface area contributed by atoms with Crippen molar-refractivity contribution in [3.63, 3.8) is 0 Å². The summed E-state index contributed by atoms with van der Waals surface area (Å²) in [6.07, 6.45) is 3.23. The molecule has 134 valence electrons. The summed E-state index contributed by atoms with van der Waals surface area (Å²) in [4.78, 5) is 41.3. The number of methoxy groups -OCH3 is 1. The molecule has 0 aromatic carbocycles.